The Bertz CT molecular complexity index is 485. The third kappa shape index (κ3) is 2.47. The molecule has 1 aromatic carbocycles. The lowest BCUT2D eigenvalue weighted by Gasteiger charge is -2.21. The van der Waals surface area contributed by atoms with Gasteiger partial charge in [-0.2, -0.15) is 5.26 Å². The van der Waals surface area contributed by atoms with E-state index in [-0.39, 0.29) is 5.41 Å². The lowest BCUT2D eigenvalue weighted by Crippen LogP contribution is -2.20. The SMILES string of the molecule is CC(C#N)(Cc1cccc(C(=O)O)c1)C1CC1. The van der Waals surface area contributed by atoms with Crippen LogP contribution in [0.1, 0.15) is 35.7 Å². The number of carboxylic acid groups (broad SMARTS) is 1. The minimum absolute atomic E-state index is 0.290. The number of hydrogen-bond acceptors (Lipinski definition) is 2. The second kappa shape index (κ2) is 4.21. The Hall–Kier alpha value is -1.82. The van der Waals surface area contributed by atoms with E-state index in [9.17, 15) is 10.1 Å². The average molecular weight is 229 g/mol. The average Bonchev–Trinajstić information content (AvgIpc) is 3.13. The largest absolute Gasteiger partial charge is 0.478 e. The minimum Gasteiger partial charge on any atom is -0.478 e. The molecular formula is C14H15NO2. The van der Waals surface area contributed by atoms with Crippen molar-refractivity contribution in [2.45, 2.75) is 26.2 Å². The molecule has 17 heavy (non-hydrogen) atoms. The zero-order chi connectivity index (χ0) is 12.5. The molecule has 1 atom stereocenters. The fraction of sp³-hybridized carbons (Fsp3) is 0.429. The molecule has 88 valence electrons. The summed E-state index contributed by atoms with van der Waals surface area (Å²) >= 11 is 0. The van der Waals surface area contributed by atoms with E-state index >= 15 is 0 Å². The maximum Gasteiger partial charge on any atom is 0.335 e. The number of carbonyl (C=O) groups is 1. The molecule has 1 unspecified atom stereocenters. The predicted molar refractivity (Wildman–Crippen MR) is 63.5 cm³/mol. The lowest BCUT2D eigenvalue weighted by molar-refractivity contribution is 0.0696. The van der Waals surface area contributed by atoms with Crippen LogP contribution < -0.4 is 0 Å². The number of nitrogens with zero attached hydrogens (tertiary/aromatic N) is 1. The first-order chi connectivity index (χ1) is 8.05. The summed E-state index contributed by atoms with van der Waals surface area (Å²) in [4.78, 5) is 10.9. The summed E-state index contributed by atoms with van der Waals surface area (Å²) < 4.78 is 0. The Morgan fingerprint density at radius 1 is 1.59 bits per heavy atom. The smallest absolute Gasteiger partial charge is 0.335 e. The first-order valence-electron chi connectivity index (χ1n) is 5.78. The number of hydrogen-bond donors (Lipinski definition) is 1. The van der Waals surface area contributed by atoms with Gasteiger partial charge >= 0.3 is 5.97 Å². The zero-order valence-corrected chi connectivity index (χ0v) is 9.81. The molecule has 1 aliphatic rings. The molecule has 3 heteroatoms. The molecule has 0 saturated heterocycles. The third-order valence-electron chi connectivity index (χ3n) is 3.48. The number of aromatic carboxylic acids is 1. The highest BCUT2D eigenvalue weighted by atomic mass is 16.4. The molecule has 0 spiro atoms. The van der Waals surface area contributed by atoms with Gasteiger partial charge in [0.05, 0.1) is 17.0 Å². The Labute approximate surface area is 101 Å². The van der Waals surface area contributed by atoms with Crippen molar-refractivity contribution >= 4 is 5.97 Å². The molecule has 0 aliphatic heterocycles. The van der Waals surface area contributed by atoms with Crippen molar-refractivity contribution in [2.24, 2.45) is 11.3 Å². The number of carboxylic acids is 1. The van der Waals surface area contributed by atoms with Crippen LogP contribution in [-0.2, 0) is 6.42 Å². The van der Waals surface area contributed by atoms with E-state index in [0.717, 1.165) is 18.4 Å². The van der Waals surface area contributed by atoms with E-state index in [2.05, 4.69) is 6.07 Å². The maximum absolute atomic E-state index is 10.9. The molecule has 0 heterocycles. The topological polar surface area (TPSA) is 61.1 Å². The van der Waals surface area contributed by atoms with Gasteiger partial charge in [0, 0.05) is 0 Å². The van der Waals surface area contributed by atoms with Gasteiger partial charge in [0.15, 0.2) is 0 Å². The van der Waals surface area contributed by atoms with E-state index in [0.29, 0.717) is 17.9 Å². The Kier molecular flexibility index (Phi) is 2.89. The zero-order valence-electron chi connectivity index (χ0n) is 9.81. The standard InChI is InChI=1S/C14H15NO2/c1-14(9-15,12-5-6-12)8-10-3-2-4-11(7-10)13(16)17/h2-4,7,12H,5-6,8H2,1H3,(H,16,17). The second-order valence-electron chi connectivity index (χ2n) is 4.99. The molecule has 3 nitrogen and oxygen atoms in total. The summed E-state index contributed by atoms with van der Waals surface area (Å²) in [5.74, 6) is -0.446. The van der Waals surface area contributed by atoms with Crippen LogP contribution in [0.4, 0.5) is 0 Å². The van der Waals surface area contributed by atoms with Gasteiger partial charge in [0.25, 0.3) is 0 Å². The van der Waals surface area contributed by atoms with Crippen molar-refractivity contribution in [3.8, 4) is 6.07 Å². The predicted octanol–water partition coefficient (Wildman–Crippen LogP) is 2.87. The molecule has 0 radical (unpaired) electrons. The van der Waals surface area contributed by atoms with Gasteiger partial charge in [-0.05, 0) is 49.8 Å². The maximum atomic E-state index is 10.9. The van der Waals surface area contributed by atoms with Gasteiger partial charge in [-0.25, -0.2) is 4.79 Å². The molecule has 0 bridgehead atoms. The van der Waals surface area contributed by atoms with Gasteiger partial charge in [0.1, 0.15) is 0 Å². The molecular weight excluding hydrogens is 214 g/mol. The van der Waals surface area contributed by atoms with Crippen molar-refractivity contribution in [1.82, 2.24) is 0 Å². The van der Waals surface area contributed by atoms with Crippen molar-refractivity contribution < 1.29 is 9.90 Å². The van der Waals surface area contributed by atoms with Gasteiger partial charge in [0.2, 0.25) is 0 Å². The summed E-state index contributed by atoms with van der Waals surface area (Å²) in [5.41, 5.74) is 0.872. The Balaban J connectivity index is 2.21. The van der Waals surface area contributed by atoms with E-state index < -0.39 is 5.97 Å². The number of rotatable bonds is 4. The van der Waals surface area contributed by atoms with Crippen LogP contribution in [0, 0.1) is 22.7 Å². The summed E-state index contributed by atoms with van der Waals surface area (Å²) in [6, 6.07) is 9.27. The molecule has 1 aliphatic carbocycles. The monoisotopic (exact) mass is 229 g/mol. The van der Waals surface area contributed by atoms with Crippen LogP contribution in [0.3, 0.4) is 0 Å². The van der Waals surface area contributed by atoms with Crippen LogP contribution in [0.25, 0.3) is 0 Å². The first kappa shape index (κ1) is 11.7. The van der Waals surface area contributed by atoms with Crippen LogP contribution >= 0.6 is 0 Å². The summed E-state index contributed by atoms with van der Waals surface area (Å²) in [7, 11) is 0. The highest BCUT2D eigenvalue weighted by Gasteiger charge is 2.41. The summed E-state index contributed by atoms with van der Waals surface area (Å²) in [6.07, 6.45) is 2.86. The van der Waals surface area contributed by atoms with Gasteiger partial charge in [-0.3, -0.25) is 0 Å². The van der Waals surface area contributed by atoms with Crippen molar-refractivity contribution in [3.05, 3.63) is 35.4 Å². The van der Waals surface area contributed by atoms with Crippen molar-refractivity contribution in [1.29, 1.82) is 5.26 Å². The van der Waals surface area contributed by atoms with Crippen molar-refractivity contribution in [3.63, 3.8) is 0 Å². The fourth-order valence-electron chi connectivity index (χ4n) is 2.23. The molecule has 1 aromatic rings. The molecule has 1 N–H and O–H groups in total. The highest BCUT2D eigenvalue weighted by molar-refractivity contribution is 5.87. The Morgan fingerprint density at radius 2 is 2.29 bits per heavy atom. The molecule has 1 fully saturated rings. The minimum atomic E-state index is -0.920. The highest BCUT2D eigenvalue weighted by Crippen LogP contribution is 2.46. The molecule has 1 saturated carbocycles. The third-order valence-corrected chi connectivity index (χ3v) is 3.48. The second-order valence-corrected chi connectivity index (χ2v) is 4.99. The molecule has 2 rings (SSSR count). The van der Waals surface area contributed by atoms with Gasteiger partial charge in [-0.15, -0.1) is 0 Å². The van der Waals surface area contributed by atoms with E-state index in [1.165, 1.54) is 0 Å². The quantitative estimate of drug-likeness (QED) is 0.863. The number of nitriles is 1. The summed E-state index contributed by atoms with van der Waals surface area (Å²) in [6.45, 7) is 1.97. The van der Waals surface area contributed by atoms with Crippen LogP contribution in [0.5, 0.6) is 0 Å². The molecule has 0 aromatic heterocycles. The normalized spacial score (nSPS) is 18.1. The van der Waals surface area contributed by atoms with E-state index in [4.69, 9.17) is 5.11 Å². The Morgan fingerprint density at radius 3 is 2.82 bits per heavy atom. The fourth-order valence-corrected chi connectivity index (χ4v) is 2.23. The first-order valence-corrected chi connectivity index (χ1v) is 5.78. The number of benzene rings is 1. The van der Waals surface area contributed by atoms with Crippen LogP contribution in [0.15, 0.2) is 24.3 Å². The lowest BCUT2D eigenvalue weighted by atomic mass is 9.80. The molecule has 0 amide bonds. The van der Waals surface area contributed by atoms with Gasteiger partial charge in [-0.1, -0.05) is 12.1 Å². The van der Waals surface area contributed by atoms with Crippen LogP contribution in [0.2, 0.25) is 0 Å². The van der Waals surface area contributed by atoms with Crippen LogP contribution in [-0.4, -0.2) is 11.1 Å². The van der Waals surface area contributed by atoms with E-state index in [1.54, 1.807) is 18.2 Å². The van der Waals surface area contributed by atoms with E-state index in [1.807, 2.05) is 13.0 Å². The van der Waals surface area contributed by atoms with Gasteiger partial charge < -0.3 is 5.11 Å². The van der Waals surface area contributed by atoms with Crippen molar-refractivity contribution in [2.75, 3.05) is 0 Å². The summed E-state index contributed by atoms with van der Waals surface area (Å²) in [5, 5.41) is 18.2.